The van der Waals surface area contributed by atoms with Crippen molar-refractivity contribution in [1.29, 1.82) is 0 Å². The van der Waals surface area contributed by atoms with Crippen LogP contribution in [0, 0.1) is 12.7 Å². The second kappa shape index (κ2) is 3.80. The molecule has 2 N–H and O–H groups in total. The van der Waals surface area contributed by atoms with Gasteiger partial charge in [0.1, 0.15) is 5.82 Å². The third-order valence-corrected chi connectivity index (χ3v) is 3.59. The molecular formula is C10H12BrClFN. The highest BCUT2D eigenvalue weighted by molar-refractivity contribution is 9.10. The summed E-state index contributed by atoms with van der Waals surface area (Å²) in [6.07, 6.45) is 1.76. The maximum absolute atomic E-state index is 13.5. The fraction of sp³-hybridized carbons (Fsp3) is 0.400. The maximum Gasteiger partial charge on any atom is 0.129 e. The predicted molar refractivity (Wildman–Crippen MR) is 61.2 cm³/mol. The first-order chi connectivity index (χ1) is 6.04. The molecule has 1 aromatic carbocycles. The lowest BCUT2D eigenvalue weighted by atomic mass is 10.0. The van der Waals surface area contributed by atoms with Gasteiger partial charge in [-0.25, -0.2) is 4.39 Å². The van der Waals surface area contributed by atoms with Crippen LogP contribution < -0.4 is 5.73 Å². The fourth-order valence-electron chi connectivity index (χ4n) is 1.50. The van der Waals surface area contributed by atoms with E-state index in [1.165, 1.54) is 6.07 Å². The van der Waals surface area contributed by atoms with Crippen LogP contribution in [0.3, 0.4) is 0 Å². The van der Waals surface area contributed by atoms with E-state index in [2.05, 4.69) is 15.9 Å². The Morgan fingerprint density at radius 2 is 2.00 bits per heavy atom. The van der Waals surface area contributed by atoms with Gasteiger partial charge >= 0.3 is 0 Å². The molecule has 1 aromatic rings. The molecule has 1 nitrogen and oxygen atoms in total. The van der Waals surface area contributed by atoms with Gasteiger partial charge in [0.2, 0.25) is 0 Å². The van der Waals surface area contributed by atoms with Crippen molar-refractivity contribution < 1.29 is 4.39 Å². The molecule has 14 heavy (non-hydrogen) atoms. The minimum atomic E-state index is -0.408. The van der Waals surface area contributed by atoms with Crippen LogP contribution in [-0.2, 0) is 5.54 Å². The lowest BCUT2D eigenvalue weighted by Gasteiger charge is -2.14. The van der Waals surface area contributed by atoms with Gasteiger partial charge in [-0.3, -0.25) is 0 Å². The molecule has 0 aliphatic heterocycles. The van der Waals surface area contributed by atoms with Crippen molar-refractivity contribution in [2.75, 3.05) is 0 Å². The molecule has 0 spiro atoms. The quantitative estimate of drug-likeness (QED) is 0.839. The summed E-state index contributed by atoms with van der Waals surface area (Å²) < 4.78 is 14.3. The van der Waals surface area contributed by atoms with Crippen LogP contribution in [0.5, 0.6) is 0 Å². The van der Waals surface area contributed by atoms with E-state index in [4.69, 9.17) is 5.73 Å². The number of halogens is 3. The van der Waals surface area contributed by atoms with E-state index >= 15 is 0 Å². The Bertz CT molecular complexity index is 363. The van der Waals surface area contributed by atoms with E-state index in [-0.39, 0.29) is 18.2 Å². The standard InChI is InChI=1S/C10H11BrFN.ClH/c1-6-2-3-7(12)8(9(6)11)10(13)4-5-10;/h2-3H,4-5,13H2,1H3;1H. The largest absolute Gasteiger partial charge is 0.321 e. The van der Waals surface area contributed by atoms with Crippen LogP contribution >= 0.6 is 28.3 Å². The Morgan fingerprint density at radius 1 is 1.43 bits per heavy atom. The van der Waals surface area contributed by atoms with Gasteiger partial charge in [0.25, 0.3) is 0 Å². The molecule has 0 aromatic heterocycles. The van der Waals surface area contributed by atoms with Crippen molar-refractivity contribution in [2.24, 2.45) is 5.73 Å². The first kappa shape index (κ1) is 12.0. The summed E-state index contributed by atoms with van der Waals surface area (Å²) in [7, 11) is 0. The second-order valence-electron chi connectivity index (χ2n) is 3.71. The fourth-order valence-corrected chi connectivity index (χ4v) is 2.21. The van der Waals surface area contributed by atoms with E-state index in [1.54, 1.807) is 6.07 Å². The Morgan fingerprint density at radius 3 is 2.50 bits per heavy atom. The number of nitrogens with two attached hydrogens (primary N) is 1. The van der Waals surface area contributed by atoms with Crippen molar-refractivity contribution in [1.82, 2.24) is 0 Å². The van der Waals surface area contributed by atoms with Gasteiger partial charge in [0, 0.05) is 15.6 Å². The van der Waals surface area contributed by atoms with E-state index < -0.39 is 5.54 Å². The van der Waals surface area contributed by atoms with E-state index in [1.807, 2.05) is 6.92 Å². The Hall–Kier alpha value is -0.120. The van der Waals surface area contributed by atoms with E-state index in [0.29, 0.717) is 5.56 Å². The highest BCUT2D eigenvalue weighted by atomic mass is 79.9. The van der Waals surface area contributed by atoms with Crippen LogP contribution in [0.25, 0.3) is 0 Å². The maximum atomic E-state index is 13.5. The molecule has 1 saturated carbocycles. The second-order valence-corrected chi connectivity index (χ2v) is 4.50. The first-order valence-corrected chi connectivity index (χ1v) is 5.08. The lowest BCUT2D eigenvalue weighted by Crippen LogP contribution is -2.21. The molecule has 0 amide bonds. The topological polar surface area (TPSA) is 26.0 Å². The molecule has 78 valence electrons. The van der Waals surface area contributed by atoms with Crippen LogP contribution in [0.1, 0.15) is 24.0 Å². The Balaban J connectivity index is 0.000000980. The van der Waals surface area contributed by atoms with Crippen LogP contribution in [0.4, 0.5) is 4.39 Å². The molecule has 0 heterocycles. The van der Waals surface area contributed by atoms with Gasteiger partial charge in [-0.15, -0.1) is 12.4 Å². The smallest absolute Gasteiger partial charge is 0.129 e. The van der Waals surface area contributed by atoms with Crippen molar-refractivity contribution in [3.05, 3.63) is 33.5 Å². The SMILES string of the molecule is Cc1ccc(F)c(C2(N)CC2)c1Br.Cl. The zero-order chi connectivity index (χ0) is 9.64. The van der Waals surface area contributed by atoms with E-state index in [9.17, 15) is 4.39 Å². The molecule has 1 aliphatic rings. The summed E-state index contributed by atoms with van der Waals surface area (Å²) in [6, 6.07) is 3.25. The van der Waals surface area contributed by atoms with Crippen LogP contribution in [0.15, 0.2) is 16.6 Å². The summed E-state index contributed by atoms with van der Waals surface area (Å²) in [5.41, 5.74) is 7.24. The van der Waals surface area contributed by atoms with Crippen molar-refractivity contribution in [3.8, 4) is 0 Å². The minimum Gasteiger partial charge on any atom is -0.321 e. The molecule has 0 saturated heterocycles. The molecule has 2 rings (SSSR count). The van der Waals surface area contributed by atoms with E-state index in [0.717, 1.165) is 22.9 Å². The van der Waals surface area contributed by atoms with Crippen molar-refractivity contribution >= 4 is 28.3 Å². The molecule has 0 unspecified atom stereocenters. The van der Waals surface area contributed by atoms with Gasteiger partial charge in [0.15, 0.2) is 0 Å². The summed E-state index contributed by atoms with van der Waals surface area (Å²) in [5.74, 6) is -0.197. The molecule has 0 radical (unpaired) electrons. The van der Waals surface area contributed by atoms with Gasteiger partial charge in [0.05, 0.1) is 0 Å². The van der Waals surface area contributed by atoms with Gasteiger partial charge in [-0.1, -0.05) is 22.0 Å². The van der Waals surface area contributed by atoms with Gasteiger partial charge < -0.3 is 5.73 Å². The number of hydrogen-bond donors (Lipinski definition) is 1. The predicted octanol–water partition coefficient (Wildman–Crippen LogP) is 3.27. The highest BCUT2D eigenvalue weighted by Gasteiger charge is 2.43. The van der Waals surface area contributed by atoms with Gasteiger partial charge in [-0.2, -0.15) is 0 Å². The summed E-state index contributed by atoms with van der Waals surface area (Å²) in [4.78, 5) is 0. The zero-order valence-corrected chi connectivity index (χ0v) is 10.2. The summed E-state index contributed by atoms with van der Waals surface area (Å²) >= 11 is 3.39. The molecule has 0 bridgehead atoms. The molecule has 4 heteroatoms. The third kappa shape index (κ3) is 1.81. The normalized spacial score (nSPS) is 17.4. The van der Waals surface area contributed by atoms with Gasteiger partial charge in [-0.05, 0) is 31.4 Å². The number of rotatable bonds is 1. The lowest BCUT2D eigenvalue weighted by molar-refractivity contribution is 0.575. The molecule has 1 fully saturated rings. The summed E-state index contributed by atoms with van der Waals surface area (Å²) in [6.45, 7) is 1.94. The summed E-state index contributed by atoms with van der Waals surface area (Å²) in [5, 5.41) is 0. The average molecular weight is 281 g/mol. The Kier molecular flexibility index (Phi) is 3.24. The van der Waals surface area contributed by atoms with Crippen molar-refractivity contribution in [3.63, 3.8) is 0 Å². The average Bonchev–Trinajstić information content (AvgIpc) is 2.78. The minimum absolute atomic E-state index is 0. The van der Waals surface area contributed by atoms with Crippen LogP contribution in [-0.4, -0.2) is 0 Å². The first-order valence-electron chi connectivity index (χ1n) is 4.28. The van der Waals surface area contributed by atoms with Crippen molar-refractivity contribution in [2.45, 2.75) is 25.3 Å². The number of hydrogen-bond acceptors (Lipinski definition) is 1. The molecular weight excluding hydrogens is 268 g/mol. The monoisotopic (exact) mass is 279 g/mol. The zero-order valence-electron chi connectivity index (χ0n) is 7.81. The number of aryl methyl sites for hydroxylation is 1. The Labute approximate surface area is 97.4 Å². The third-order valence-electron chi connectivity index (χ3n) is 2.57. The van der Waals surface area contributed by atoms with Crippen LogP contribution in [0.2, 0.25) is 0 Å². The molecule has 0 atom stereocenters. The molecule has 1 aliphatic carbocycles. The number of benzene rings is 1. The highest BCUT2D eigenvalue weighted by Crippen LogP contribution is 2.47.